The molecule has 0 spiro atoms. The Morgan fingerprint density at radius 1 is 1.12 bits per heavy atom. The molecule has 0 aliphatic rings. The number of carbonyl (C=O) groups excluding carboxylic acids is 2. The lowest BCUT2D eigenvalue weighted by molar-refractivity contribution is 0.00677. The number of hydrogen-bond acceptors (Lipinski definition) is 4. The van der Waals surface area contributed by atoms with Gasteiger partial charge in [-0.25, -0.2) is 9.78 Å². The highest BCUT2D eigenvalue weighted by molar-refractivity contribution is 9.10. The van der Waals surface area contributed by atoms with Crippen LogP contribution in [0.1, 0.15) is 41.5 Å². The van der Waals surface area contributed by atoms with Crippen molar-refractivity contribution in [3.8, 4) is 0 Å². The monoisotopic (exact) mass is 444 g/mol. The van der Waals surface area contributed by atoms with Crippen LogP contribution in [0.4, 0.5) is 5.82 Å². The van der Waals surface area contributed by atoms with Crippen LogP contribution in [0.3, 0.4) is 0 Å². The minimum Gasteiger partial charge on any atom is -0.456 e. The molecule has 0 saturated carbocycles. The zero-order chi connectivity index (χ0) is 18.8. The number of rotatable bonds is 3. The molecule has 2 aromatic rings. The number of ether oxygens (including phenoxy) is 1. The summed E-state index contributed by atoms with van der Waals surface area (Å²) in [5.74, 6) is -0.891. The Bertz CT molecular complexity index is 835. The van der Waals surface area contributed by atoms with E-state index in [0.717, 1.165) is 0 Å². The lowest BCUT2D eigenvalue weighted by atomic mass is 10.1. The van der Waals surface area contributed by atoms with Crippen molar-refractivity contribution in [2.75, 3.05) is 5.32 Å². The van der Waals surface area contributed by atoms with E-state index in [9.17, 15) is 9.59 Å². The standard InChI is InChI=1S/C17H15BrCl2N2O3/c1-17(2,3)25-16(24)11-8-9(18)4-5-10(11)15(23)22-13-7-6-12(19)14(20)21-13/h4-8H,1-3H3,(H,21,22,23). The Hall–Kier alpha value is -1.63. The summed E-state index contributed by atoms with van der Waals surface area (Å²) < 4.78 is 6.01. The Labute approximate surface area is 163 Å². The highest BCUT2D eigenvalue weighted by Gasteiger charge is 2.23. The number of pyridine rings is 1. The molecule has 1 N–H and O–H groups in total. The van der Waals surface area contributed by atoms with Crippen LogP contribution in [0.2, 0.25) is 10.2 Å². The van der Waals surface area contributed by atoms with Crippen molar-refractivity contribution in [3.05, 3.63) is 56.1 Å². The number of amides is 1. The number of nitrogens with one attached hydrogen (secondary N) is 1. The molecular formula is C17H15BrCl2N2O3. The molecule has 25 heavy (non-hydrogen) atoms. The topological polar surface area (TPSA) is 68.3 Å². The molecule has 0 fully saturated rings. The van der Waals surface area contributed by atoms with E-state index >= 15 is 0 Å². The maximum absolute atomic E-state index is 12.6. The van der Waals surface area contributed by atoms with Gasteiger partial charge < -0.3 is 10.1 Å². The van der Waals surface area contributed by atoms with E-state index in [-0.39, 0.29) is 27.1 Å². The van der Waals surface area contributed by atoms with E-state index in [1.165, 1.54) is 24.3 Å². The Kier molecular flexibility index (Phi) is 6.08. The third-order valence-corrected chi connectivity index (χ3v) is 4.07. The van der Waals surface area contributed by atoms with E-state index in [1.54, 1.807) is 26.8 Å². The van der Waals surface area contributed by atoms with Crippen molar-refractivity contribution in [2.24, 2.45) is 0 Å². The summed E-state index contributed by atoms with van der Waals surface area (Å²) in [5, 5.41) is 2.94. The molecule has 1 aromatic carbocycles. The van der Waals surface area contributed by atoms with Crippen molar-refractivity contribution in [1.82, 2.24) is 4.98 Å². The van der Waals surface area contributed by atoms with Gasteiger partial charge in [0.25, 0.3) is 5.91 Å². The van der Waals surface area contributed by atoms with Gasteiger partial charge >= 0.3 is 5.97 Å². The lowest BCUT2D eigenvalue weighted by Crippen LogP contribution is -2.26. The van der Waals surface area contributed by atoms with Gasteiger partial charge in [-0.3, -0.25) is 4.79 Å². The normalized spacial score (nSPS) is 11.1. The van der Waals surface area contributed by atoms with Gasteiger partial charge in [0.1, 0.15) is 16.6 Å². The van der Waals surface area contributed by atoms with Crippen LogP contribution in [0.25, 0.3) is 0 Å². The number of anilines is 1. The predicted molar refractivity (Wildman–Crippen MR) is 102 cm³/mol. The largest absolute Gasteiger partial charge is 0.456 e. The SMILES string of the molecule is CC(C)(C)OC(=O)c1cc(Br)ccc1C(=O)Nc1ccc(Cl)c(Cl)n1. The van der Waals surface area contributed by atoms with Gasteiger partial charge in [-0.15, -0.1) is 0 Å². The van der Waals surface area contributed by atoms with Crippen LogP contribution in [-0.4, -0.2) is 22.5 Å². The summed E-state index contributed by atoms with van der Waals surface area (Å²) in [4.78, 5) is 28.9. The maximum atomic E-state index is 12.6. The molecule has 2 rings (SSSR count). The van der Waals surface area contributed by atoms with Crippen molar-refractivity contribution < 1.29 is 14.3 Å². The maximum Gasteiger partial charge on any atom is 0.339 e. The molecule has 8 heteroatoms. The number of aromatic nitrogens is 1. The number of halogens is 3. The van der Waals surface area contributed by atoms with Crippen molar-refractivity contribution in [3.63, 3.8) is 0 Å². The van der Waals surface area contributed by atoms with Gasteiger partial charge in [0.15, 0.2) is 0 Å². The molecule has 0 saturated heterocycles. The Balaban J connectivity index is 2.32. The van der Waals surface area contributed by atoms with Gasteiger partial charge in [0, 0.05) is 4.47 Å². The third-order valence-electron chi connectivity index (χ3n) is 2.89. The first-order valence-corrected chi connectivity index (χ1v) is 8.78. The summed E-state index contributed by atoms with van der Waals surface area (Å²) in [6, 6.07) is 7.74. The smallest absolute Gasteiger partial charge is 0.339 e. The molecule has 1 amide bonds. The van der Waals surface area contributed by atoms with E-state index < -0.39 is 17.5 Å². The van der Waals surface area contributed by atoms with Crippen LogP contribution >= 0.6 is 39.1 Å². The van der Waals surface area contributed by atoms with E-state index in [0.29, 0.717) is 4.47 Å². The summed E-state index contributed by atoms with van der Waals surface area (Å²) in [5.41, 5.74) is -0.384. The predicted octanol–water partition coefficient (Wildman–Crippen LogP) is 5.36. The van der Waals surface area contributed by atoms with Gasteiger partial charge in [0.05, 0.1) is 16.1 Å². The molecule has 0 radical (unpaired) electrons. The first-order valence-electron chi connectivity index (χ1n) is 7.23. The molecule has 132 valence electrons. The second-order valence-electron chi connectivity index (χ2n) is 6.12. The van der Waals surface area contributed by atoms with Crippen LogP contribution in [0.5, 0.6) is 0 Å². The van der Waals surface area contributed by atoms with Crippen molar-refractivity contribution in [2.45, 2.75) is 26.4 Å². The van der Waals surface area contributed by atoms with Crippen LogP contribution in [0, 0.1) is 0 Å². The number of esters is 1. The zero-order valence-corrected chi connectivity index (χ0v) is 16.8. The Morgan fingerprint density at radius 3 is 2.40 bits per heavy atom. The minimum atomic E-state index is -0.682. The highest BCUT2D eigenvalue weighted by atomic mass is 79.9. The molecule has 5 nitrogen and oxygen atoms in total. The molecular weight excluding hydrogens is 431 g/mol. The third kappa shape index (κ3) is 5.42. The fraction of sp³-hybridized carbons (Fsp3) is 0.235. The number of carbonyl (C=O) groups is 2. The second-order valence-corrected chi connectivity index (χ2v) is 7.80. The molecule has 0 unspecified atom stereocenters. The number of nitrogens with zero attached hydrogens (tertiary/aromatic N) is 1. The van der Waals surface area contributed by atoms with Crippen molar-refractivity contribution in [1.29, 1.82) is 0 Å². The van der Waals surface area contributed by atoms with Crippen LogP contribution in [0.15, 0.2) is 34.8 Å². The molecule has 0 aliphatic carbocycles. The first kappa shape index (κ1) is 19.7. The van der Waals surface area contributed by atoms with Gasteiger partial charge in [-0.2, -0.15) is 0 Å². The average molecular weight is 446 g/mol. The fourth-order valence-electron chi connectivity index (χ4n) is 1.89. The quantitative estimate of drug-likeness (QED) is 0.510. The summed E-state index contributed by atoms with van der Waals surface area (Å²) >= 11 is 14.9. The average Bonchev–Trinajstić information content (AvgIpc) is 2.49. The number of hydrogen-bond donors (Lipinski definition) is 1. The second kappa shape index (κ2) is 7.72. The lowest BCUT2D eigenvalue weighted by Gasteiger charge is -2.20. The molecule has 1 aromatic heterocycles. The molecule has 0 atom stereocenters. The Morgan fingerprint density at radius 2 is 1.80 bits per heavy atom. The molecule has 0 aliphatic heterocycles. The molecule has 0 bridgehead atoms. The summed E-state index contributed by atoms with van der Waals surface area (Å²) in [6.45, 7) is 5.26. The summed E-state index contributed by atoms with van der Waals surface area (Å²) in [7, 11) is 0. The van der Waals surface area contributed by atoms with Crippen LogP contribution < -0.4 is 5.32 Å². The zero-order valence-electron chi connectivity index (χ0n) is 13.7. The van der Waals surface area contributed by atoms with Gasteiger partial charge in [-0.1, -0.05) is 39.1 Å². The van der Waals surface area contributed by atoms with E-state index in [1.807, 2.05) is 0 Å². The molecule has 1 heterocycles. The van der Waals surface area contributed by atoms with Crippen LogP contribution in [-0.2, 0) is 4.74 Å². The number of benzene rings is 1. The van der Waals surface area contributed by atoms with E-state index in [2.05, 4.69) is 26.2 Å². The van der Waals surface area contributed by atoms with Gasteiger partial charge in [0.2, 0.25) is 0 Å². The summed E-state index contributed by atoms with van der Waals surface area (Å²) in [6.07, 6.45) is 0. The van der Waals surface area contributed by atoms with E-state index in [4.69, 9.17) is 27.9 Å². The first-order chi connectivity index (χ1) is 11.6. The highest BCUT2D eigenvalue weighted by Crippen LogP contribution is 2.23. The fourth-order valence-corrected chi connectivity index (χ4v) is 2.51. The van der Waals surface area contributed by atoms with Gasteiger partial charge in [-0.05, 0) is 51.1 Å². The van der Waals surface area contributed by atoms with Crippen molar-refractivity contribution >= 4 is 56.8 Å². The minimum absolute atomic E-state index is 0.0719.